The lowest BCUT2D eigenvalue weighted by Gasteiger charge is -2.17. The maximum absolute atomic E-state index is 12.7. The van der Waals surface area contributed by atoms with Crippen LogP contribution in [0.5, 0.6) is 5.75 Å². The standard InChI is InChI=1S/C22H13F3O6S.C5H12O.C2H6/c1-12-8-13(11-26)2-5-16(12)21-17-6-3-14(27)9-19(17)30-20-10-15(4-7-18(20)21)31-32(28,29)22(23,24)25;1-5(2,3)6-4;1-2/h2-11H,1H3;1-4H3;1-2H3. The van der Waals surface area contributed by atoms with Crippen molar-refractivity contribution in [3.8, 4) is 28.2 Å². The summed E-state index contributed by atoms with van der Waals surface area (Å²) >= 11 is 0. The molecule has 1 heterocycles. The molecule has 40 heavy (non-hydrogen) atoms. The zero-order chi connectivity index (χ0) is 30.5. The fourth-order valence-electron chi connectivity index (χ4n) is 3.41. The molecule has 4 rings (SSSR count). The Morgan fingerprint density at radius 1 is 0.900 bits per heavy atom. The Kier molecular flexibility index (Phi) is 10.3. The molecule has 0 N–H and O–H groups in total. The normalized spacial score (nSPS) is 11.8. The third-order valence-corrected chi connectivity index (χ3v) is 6.40. The SMILES string of the molecule is CC.COC(C)(C)C.Cc1cc(C=O)ccc1-c1c2ccc(=O)cc-2oc2cc(OS(=O)(=O)C(F)(F)F)ccc12. The predicted molar refractivity (Wildman–Crippen MR) is 148 cm³/mol. The molecule has 0 spiro atoms. The van der Waals surface area contributed by atoms with E-state index in [0.29, 0.717) is 33.9 Å². The molecule has 0 amide bonds. The molecule has 1 aliphatic heterocycles. The van der Waals surface area contributed by atoms with Crippen LogP contribution in [0.2, 0.25) is 0 Å². The van der Waals surface area contributed by atoms with Crippen molar-refractivity contribution in [1.29, 1.82) is 0 Å². The summed E-state index contributed by atoms with van der Waals surface area (Å²) in [7, 11) is -4.16. The molecule has 2 aromatic rings. The van der Waals surface area contributed by atoms with Gasteiger partial charge in [-0.1, -0.05) is 26.0 Å². The van der Waals surface area contributed by atoms with Crippen LogP contribution < -0.4 is 9.61 Å². The third kappa shape index (κ3) is 7.70. The lowest BCUT2D eigenvalue weighted by Crippen LogP contribution is -2.28. The highest BCUT2D eigenvalue weighted by Gasteiger charge is 2.48. The summed E-state index contributed by atoms with van der Waals surface area (Å²) in [4.78, 5) is 23.0. The first-order valence-corrected chi connectivity index (χ1v) is 13.6. The summed E-state index contributed by atoms with van der Waals surface area (Å²) in [5.74, 6) is -0.454. The second kappa shape index (κ2) is 12.6. The van der Waals surface area contributed by atoms with Crippen LogP contribution in [0.25, 0.3) is 33.4 Å². The lowest BCUT2D eigenvalue weighted by molar-refractivity contribution is -0.0500. The van der Waals surface area contributed by atoms with Gasteiger partial charge in [0.2, 0.25) is 0 Å². The number of hydrogen-bond acceptors (Lipinski definition) is 7. The molecule has 0 bridgehead atoms. The van der Waals surface area contributed by atoms with Crippen molar-refractivity contribution in [1.82, 2.24) is 0 Å². The van der Waals surface area contributed by atoms with E-state index in [9.17, 15) is 31.2 Å². The van der Waals surface area contributed by atoms with Gasteiger partial charge in [-0.2, -0.15) is 21.6 Å². The number of hydrogen-bond donors (Lipinski definition) is 0. The van der Waals surface area contributed by atoms with E-state index >= 15 is 0 Å². The number of aldehydes is 1. The maximum atomic E-state index is 12.7. The van der Waals surface area contributed by atoms with E-state index in [1.54, 1.807) is 38.3 Å². The van der Waals surface area contributed by atoms with E-state index in [1.165, 1.54) is 18.2 Å². The number of benzene rings is 3. The second-order valence-corrected chi connectivity index (χ2v) is 10.8. The van der Waals surface area contributed by atoms with Crippen molar-refractivity contribution in [2.45, 2.75) is 52.7 Å². The van der Waals surface area contributed by atoms with Gasteiger partial charge in [-0.25, -0.2) is 0 Å². The van der Waals surface area contributed by atoms with E-state index in [1.807, 2.05) is 34.6 Å². The molecule has 7 nitrogen and oxygen atoms in total. The summed E-state index contributed by atoms with van der Waals surface area (Å²) in [6, 6.07) is 12.5. The average molecular weight is 581 g/mol. The van der Waals surface area contributed by atoms with Gasteiger partial charge < -0.3 is 13.3 Å². The largest absolute Gasteiger partial charge is 0.534 e. The number of rotatable bonds is 4. The summed E-state index contributed by atoms with van der Waals surface area (Å²) in [5, 5.41) is 0.440. The zero-order valence-corrected chi connectivity index (χ0v) is 24.0. The van der Waals surface area contributed by atoms with Crippen LogP contribution in [0.4, 0.5) is 13.2 Å². The minimum Gasteiger partial charge on any atom is -0.456 e. The van der Waals surface area contributed by atoms with Crippen molar-refractivity contribution < 1.29 is 39.7 Å². The number of alkyl halides is 3. The topological polar surface area (TPSA) is 99.9 Å². The summed E-state index contributed by atoms with van der Waals surface area (Å²) < 4.78 is 75.6. The van der Waals surface area contributed by atoms with Crippen LogP contribution in [0.15, 0.2) is 63.8 Å². The van der Waals surface area contributed by atoms with Gasteiger partial charge in [-0.15, -0.1) is 0 Å². The quantitative estimate of drug-likeness (QED) is 0.108. The Balaban J connectivity index is 0.000000622. The maximum Gasteiger partial charge on any atom is 0.534 e. The van der Waals surface area contributed by atoms with Crippen LogP contribution in [0, 0.1) is 6.92 Å². The fraction of sp³-hybridized carbons (Fsp3) is 0.310. The number of halogens is 3. The Labute approximate surface area is 231 Å². The first-order chi connectivity index (χ1) is 18.6. The summed E-state index contributed by atoms with van der Waals surface area (Å²) in [6.45, 7) is 11.8. The minimum absolute atomic E-state index is 0.00633. The molecule has 0 aromatic heterocycles. The van der Waals surface area contributed by atoms with Crippen LogP contribution in [-0.4, -0.2) is 32.9 Å². The fourth-order valence-corrected chi connectivity index (χ4v) is 3.86. The highest BCUT2D eigenvalue weighted by atomic mass is 32.2. The molecule has 0 atom stereocenters. The van der Waals surface area contributed by atoms with Crippen molar-refractivity contribution in [2.24, 2.45) is 0 Å². The first-order valence-electron chi connectivity index (χ1n) is 12.2. The molecule has 0 fully saturated rings. The monoisotopic (exact) mass is 580 g/mol. The van der Waals surface area contributed by atoms with E-state index in [4.69, 9.17) is 9.15 Å². The number of carbonyl (C=O) groups is 1. The van der Waals surface area contributed by atoms with E-state index < -0.39 is 21.4 Å². The number of ether oxygens (including phenoxy) is 1. The van der Waals surface area contributed by atoms with E-state index in [2.05, 4.69) is 4.18 Å². The Morgan fingerprint density at radius 3 is 2.02 bits per heavy atom. The Morgan fingerprint density at radius 2 is 1.50 bits per heavy atom. The van der Waals surface area contributed by atoms with Crippen molar-refractivity contribution in [3.63, 3.8) is 0 Å². The molecule has 1 aliphatic carbocycles. The van der Waals surface area contributed by atoms with Gasteiger partial charge in [0, 0.05) is 41.3 Å². The molecule has 2 aliphatic rings. The lowest BCUT2D eigenvalue weighted by atomic mass is 9.90. The van der Waals surface area contributed by atoms with E-state index in [-0.39, 0.29) is 22.4 Å². The molecule has 0 radical (unpaired) electrons. The van der Waals surface area contributed by atoms with Gasteiger partial charge in [0.25, 0.3) is 0 Å². The van der Waals surface area contributed by atoms with Gasteiger partial charge in [-0.3, -0.25) is 9.59 Å². The first kappa shape index (κ1) is 32.5. The summed E-state index contributed by atoms with van der Waals surface area (Å²) in [5.41, 5.74) is -2.88. The number of fused-ring (bicyclic) bond motifs is 2. The van der Waals surface area contributed by atoms with Gasteiger partial charge >= 0.3 is 15.6 Å². The third-order valence-electron chi connectivity index (χ3n) is 5.42. The van der Waals surface area contributed by atoms with Crippen LogP contribution in [0.1, 0.15) is 50.5 Å². The molecule has 11 heteroatoms. The van der Waals surface area contributed by atoms with Gasteiger partial charge in [0.15, 0.2) is 5.43 Å². The highest BCUT2D eigenvalue weighted by molar-refractivity contribution is 7.88. The van der Waals surface area contributed by atoms with Crippen molar-refractivity contribution in [2.75, 3.05) is 7.11 Å². The molecule has 0 saturated heterocycles. The minimum atomic E-state index is -5.87. The van der Waals surface area contributed by atoms with Gasteiger partial charge in [-0.05, 0) is 69.2 Å². The molecule has 0 unspecified atom stereocenters. The van der Waals surface area contributed by atoms with Crippen molar-refractivity contribution >= 4 is 27.4 Å². The molecule has 2 aromatic carbocycles. The highest BCUT2D eigenvalue weighted by Crippen LogP contribution is 2.42. The van der Waals surface area contributed by atoms with Gasteiger partial charge in [0.1, 0.15) is 23.4 Å². The molecular formula is C29H31F3O7S. The number of carbonyl (C=O) groups excluding carboxylic acids is 1. The van der Waals surface area contributed by atoms with Crippen LogP contribution >= 0.6 is 0 Å². The zero-order valence-electron chi connectivity index (χ0n) is 23.2. The Bertz CT molecular complexity index is 1620. The van der Waals surface area contributed by atoms with E-state index in [0.717, 1.165) is 17.7 Å². The number of aryl methyl sites for hydroxylation is 1. The summed E-state index contributed by atoms with van der Waals surface area (Å²) in [6.07, 6.45) is 0.696. The number of methoxy groups -OCH3 is 1. The smallest absolute Gasteiger partial charge is 0.456 e. The second-order valence-electron chi connectivity index (χ2n) is 9.28. The molecule has 0 saturated carbocycles. The van der Waals surface area contributed by atoms with Crippen LogP contribution in [-0.2, 0) is 14.9 Å². The van der Waals surface area contributed by atoms with Gasteiger partial charge in [0.05, 0.1) is 5.60 Å². The van der Waals surface area contributed by atoms with Crippen LogP contribution in [0.3, 0.4) is 0 Å². The predicted octanol–water partition coefficient (Wildman–Crippen LogP) is 7.37. The molecule has 216 valence electrons. The van der Waals surface area contributed by atoms with Crippen molar-refractivity contribution in [3.05, 3.63) is 75.9 Å². The average Bonchev–Trinajstić information content (AvgIpc) is 2.87. The Hall–Kier alpha value is -3.70. The molecular weight excluding hydrogens is 549 g/mol.